The number of hydrogen-bond acceptors (Lipinski definition) is 5. The maximum Gasteiger partial charge on any atom is 0.273 e. The Balaban J connectivity index is 1.75. The van der Waals surface area contributed by atoms with E-state index in [4.69, 9.17) is 14.5 Å². The molecule has 0 radical (unpaired) electrons. The first-order valence-corrected chi connectivity index (χ1v) is 8.14. The highest BCUT2D eigenvalue weighted by atomic mass is 16.7. The van der Waals surface area contributed by atoms with Gasteiger partial charge in [-0.1, -0.05) is 6.07 Å². The van der Waals surface area contributed by atoms with Gasteiger partial charge in [-0.15, -0.1) is 0 Å². The van der Waals surface area contributed by atoms with Crippen molar-refractivity contribution >= 4 is 5.65 Å². The van der Waals surface area contributed by atoms with Gasteiger partial charge in [0.2, 0.25) is 6.79 Å². The van der Waals surface area contributed by atoms with E-state index < -0.39 is 0 Å². The van der Waals surface area contributed by atoms with Crippen LogP contribution >= 0.6 is 0 Å². The van der Waals surface area contributed by atoms with Crippen molar-refractivity contribution in [2.45, 2.75) is 6.92 Å². The van der Waals surface area contributed by atoms with Crippen LogP contribution in [0, 0.1) is 6.92 Å². The molecule has 26 heavy (non-hydrogen) atoms. The first-order valence-electron chi connectivity index (χ1n) is 8.14. The van der Waals surface area contributed by atoms with Crippen molar-refractivity contribution in [3.63, 3.8) is 0 Å². The second kappa shape index (κ2) is 5.45. The van der Waals surface area contributed by atoms with Crippen molar-refractivity contribution in [3.05, 3.63) is 64.7 Å². The molecule has 0 saturated carbocycles. The summed E-state index contributed by atoms with van der Waals surface area (Å²) in [7, 11) is 0. The molecule has 5 rings (SSSR count). The van der Waals surface area contributed by atoms with Crippen LogP contribution in [0.25, 0.3) is 28.2 Å². The quantitative estimate of drug-likeness (QED) is 0.603. The predicted octanol–water partition coefficient (Wildman–Crippen LogP) is 2.79. The van der Waals surface area contributed by atoms with Crippen LogP contribution in [0.2, 0.25) is 0 Å². The molecule has 4 aromatic rings. The Bertz CT molecular complexity index is 1190. The molecule has 0 spiro atoms. The molecule has 1 N–H and O–H groups in total. The fraction of sp³-hybridized carbons (Fsp3) is 0.105. The van der Waals surface area contributed by atoms with E-state index in [2.05, 4.69) is 10.1 Å². The minimum absolute atomic E-state index is 0.191. The first kappa shape index (κ1) is 14.7. The van der Waals surface area contributed by atoms with Gasteiger partial charge in [0.1, 0.15) is 0 Å². The lowest BCUT2D eigenvalue weighted by Crippen LogP contribution is -2.14. The topological polar surface area (TPSA) is 81.5 Å². The second-order valence-corrected chi connectivity index (χ2v) is 6.01. The molecule has 1 aromatic carbocycles. The Labute approximate surface area is 147 Å². The van der Waals surface area contributed by atoms with E-state index in [0.717, 1.165) is 22.4 Å². The Morgan fingerprint density at radius 1 is 1.12 bits per heavy atom. The standard InChI is InChI=1S/C19H14N4O3/c1-11-12(5-6-16-18(11)26-10-25-16)15-8-17(24)23-19(22-15)13(9-21-23)14-4-2-3-7-20-14/h2-9,21H,10H2,1H3. The zero-order chi connectivity index (χ0) is 17.7. The average molecular weight is 346 g/mol. The third-order valence-electron chi connectivity index (χ3n) is 4.50. The molecule has 0 fully saturated rings. The van der Waals surface area contributed by atoms with Gasteiger partial charge in [0.05, 0.1) is 17.0 Å². The van der Waals surface area contributed by atoms with Gasteiger partial charge in [0, 0.05) is 29.6 Å². The van der Waals surface area contributed by atoms with Crippen LogP contribution in [0.5, 0.6) is 11.5 Å². The lowest BCUT2D eigenvalue weighted by molar-refractivity contribution is 0.173. The molecular weight excluding hydrogens is 332 g/mol. The Kier molecular flexibility index (Phi) is 3.08. The highest BCUT2D eigenvalue weighted by molar-refractivity contribution is 5.77. The Morgan fingerprint density at radius 2 is 2.04 bits per heavy atom. The van der Waals surface area contributed by atoms with Gasteiger partial charge in [-0.05, 0) is 31.2 Å². The number of aromatic nitrogens is 4. The number of fused-ring (bicyclic) bond motifs is 2. The molecule has 0 unspecified atom stereocenters. The fourth-order valence-electron chi connectivity index (χ4n) is 3.22. The molecule has 3 aromatic heterocycles. The van der Waals surface area contributed by atoms with Crippen molar-refractivity contribution in [2.75, 3.05) is 6.79 Å². The Morgan fingerprint density at radius 3 is 2.88 bits per heavy atom. The van der Waals surface area contributed by atoms with Gasteiger partial charge in [-0.25, -0.2) is 9.50 Å². The second-order valence-electron chi connectivity index (χ2n) is 6.01. The highest BCUT2D eigenvalue weighted by Crippen LogP contribution is 2.40. The summed E-state index contributed by atoms with van der Waals surface area (Å²) in [6.45, 7) is 2.14. The number of rotatable bonds is 2. The SMILES string of the molecule is Cc1c(-c2cc(=O)n3[nH]cc(-c4ccccn4)c3n2)ccc2c1OCO2. The van der Waals surface area contributed by atoms with Crippen LogP contribution in [0.4, 0.5) is 0 Å². The first-order chi connectivity index (χ1) is 12.7. The highest BCUT2D eigenvalue weighted by Gasteiger charge is 2.20. The smallest absolute Gasteiger partial charge is 0.273 e. The van der Waals surface area contributed by atoms with Crippen molar-refractivity contribution < 1.29 is 9.47 Å². The van der Waals surface area contributed by atoms with Crippen molar-refractivity contribution in [2.24, 2.45) is 0 Å². The number of hydrogen-bond donors (Lipinski definition) is 1. The zero-order valence-electron chi connectivity index (χ0n) is 13.9. The fourth-order valence-corrected chi connectivity index (χ4v) is 3.22. The third-order valence-corrected chi connectivity index (χ3v) is 4.50. The molecule has 0 atom stereocenters. The van der Waals surface area contributed by atoms with E-state index >= 15 is 0 Å². The molecule has 4 heterocycles. The lowest BCUT2D eigenvalue weighted by atomic mass is 10.0. The van der Waals surface area contributed by atoms with E-state index in [1.807, 2.05) is 37.3 Å². The monoisotopic (exact) mass is 346 g/mol. The van der Waals surface area contributed by atoms with Crippen LogP contribution in [-0.2, 0) is 0 Å². The molecule has 0 amide bonds. The van der Waals surface area contributed by atoms with Crippen molar-refractivity contribution in [3.8, 4) is 34.0 Å². The molecule has 128 valence electrons. The van der Waals surface area contributed by atoms with Gasteiger partial charge < -0.3 is 9.47 Å². The van der Waals surface area contributed by atoms with E-state index in [1.54, 1.807) is 12.4 Å². The maximum absolute atomic E-state index is 12.6. The van der Waals surface area contributed by atoms with E-state index in [9.17, 15) is 4.79 Å². The number of nitrogens with zero attached hydrogens (tertiary/aromatic N) is 3. The summed E-state index contributed by atoms with van der Waals surface area (Å²) in [5.74, 6) is 1.41. The summed E-state index contributed by atoms with van der Waals surface area (Å²) in [6, 6.07) is 10.9. The van der Waals surface area contributed by atoms with Gasteiger partial charge >= 0.3 is 0 Å². The number of ether oxygens (including phenoxy) is 2. The molecule has 0 saturated heterocycles. The van der Waals surface area contributed by atoms with Crippen molar-refractivity contribution in [1.29, 1.82) is 0 Å². The normalized spacial score (nSPS) is 12.7. The van der Waals surface area contributed by atoms with E-state index in [0.29, 0.717) is 22.8 Å². The van der Waals surface area contributed by atoms with Crippen molar-refractivity contribution in [1.82, 2.24) is 19.6 Å². The maximum atomic E-state index is 12.6. The largest absolute Gasteiger partial charge is 0.454 e. The summed E-state index contributed by atoms with van der Waals surface area (Å²) in [5.41, 5.74) is 4.17. The predicted molar refractivity (Wildman–Crippen MR) is 95.3 cm³/mol. The van der Waals surface area contributed by atoms with E-state index in [1.165, 1.54) is 10.6 Å². The number of H-pyrrole nitrogens is 1. The summed E-state index contributed by atoms with van der Waals surface area (Å²) >= 11 is 0. The minimum Gasteiger partial charge on any atom is -0.454 e. The Hall–Kier alpha value is -3.61. The number of pyridine rings is 1. The van der Waals surface area contributed by atoms with Gasteiger partial charge in [0.15, 0.2) is 17.1 Å². The lowest BCUT2D eigenvalue weighted by Gasteiger charge is -2.08. The average Bonchev–Trinajstić information content (AvgIpc) is 3.30. The zero-order valence-corrected chi connectivity index (χ0v) is 13.9. The molecule has 7 nitrogen and oxygen atoms in total. The van der Waals surface area contributed by atoms with Crippen LogP contribution < -0.4 is 15.0 Å². The molecule has 0 aliphatic carbocycles. The van der Waals surface area contributed by atoms with Gasteiger partial charge in [-0.3, -0.25) is 14.9 Å². The summed E-state index contributed by atoms with van der Waals surface area (Å²) in [6.07, 6.45) is 3.45. The van der Waals surface area contributed by atoms with Crippen LogP contribution in [0.1, 0.15) is 5.56 Å². The third kappa shape index (κ3) is 2.10. The summed E-state index contributed by atoms with van der Waals surface area (Å²) < 4.78 is 12.4. The summed E-state index contributed by atoms with van der Waals surface area (Å²) in [4.78, 5) is 21.7. The van der Waals surface area contributed by atoms with E-state index in [-0.39, 0.29) is 12.4 Å². The number of aromatic amines is 1. The molecule has 0 bridgehead atoms. The molecule has 1 aliphatic rings. The number of nitrogens with one attached hydrogen (secondary N) is 1. The van der Waals surface area contributed by atoms with Crippen LogP contribution in [0.15, 0.2) is 53.6 Å². The van der Waals surface area contributed by atoms with Crippen LogP contribution in [0.3, 0.4) is 0 Å². The molecule has 7 heteroatoms. The molecular formula is C19H14N4O3. The van der Waals surface area contributed by atoms with Crippen LogP contribution in [-0.4, -0.2) is 26.4 Å². The molecule has 1 aliphatic heterocycles. The van der Waals surface area contributed by atoms with Gasteiger partial charge in [0.25, 0.3) is 5.56 Å². The summed E-state index contributed by atoms with van der Waals surface area (Å²) in [5, 5.41) is 2.95. The van der Waals surface area contributed by atoms with Gasteiger partial charge in [-0.2, -0.15) is 0 Å². The minimum atomic E-state index is -0.191. The number of benzene rings is 1.